The number of pyridine rings is 2. The molecule has 1 saturated carbocycles. The summed E-state index contributed by atoms with van der Waals surface area (Å²) >= 11 is 0. The van der Waals surface area contributed by atoms with Gasteiger partial charge in [-0.15, -0.1) is 0 Å². The minimum Gasteiger partial charge on any atom is -0.480 e. The molecule has 0 saturated heterocycles. The summed E-state index contributed by atoms with van der Waals surface area (Å²) in [5.41, 5.74) is 5.22. The van der Waals surface area contributed by atoms with Crippen molar-refractivity contribution in [1.29, 1.82) is 0 Å². The highest BCUT2D eigenvalue weighted by Crippen LogP contribution is 2.46. The van der Waals surface area contributed by atoms with Crippen molar-refractivity contribution < 1.29 is 19.4 Å². The molecule has 1 fully saturated rings. The molecular weight excluding hydrogens is 444 g/mol. The third-order valence-electron chi connectivity index (χ3n) is 6.55. The van der Waals surface area contributed by atoms with Crippen LogP contribution in [0, 0.1) is 6.92 Å². The number of aromatic nitrogens is 2. The number of aliphatic carboxylic acids is 1. The highest BCUT2D eigenvalue weighted by Gasteiger charge is 2.40. The van der Waals surface area contributed by atoms with E-state index in [-0.39, 0.29) is 6.42 Å². The fraction of sp³-hybridized carbons (Fsp3) is 0.556. The largest absolute Gasteiger partial charge is 0.480 e. The predicted molar refractivity (Wildman–Crippen MR) is 136 cm³/mol. The molecule has 0 aromatic carbocycles. The van der Waals surface area contributed by atoms with Gasteiger partial charge in [-0.3, -0.25) is 9.78 Å². The van der Waals surface area contributed by atoms with Crippen molar-refractivity contribution in [3.05, 3.63) is 53.0 Å². The van der Waals surface area contributed by atoms with Crippen molar-refractivity contribution in [3.63, 3.8) is 0 Å². The van der Waals surface area contributed by atoms with Gasteiger partial charge in [-0.2, -0.15) is 0 Å². The lowest BCUT2D eigenvalue weighted by Gasteiger charge is -2.17. The van der Waals surface area contributed by atoms with Gasteiger partial charge in [0.1, 0.15) is 11.9 Å². The molecule has 3 heterocycles. The number of amides is 1. The number of carboxylic acid groups (broad SMARTS) is 1. The lowest BCUT2D eigenvalue weighted by atomic mass is 10.0. The molecule has 8 nitrogen and oxygen atoms in total. The Morgan fingerprint density at radius 3 is 2.77 bits per heavy atom. The third-order valence-corrected chi connectivity index (χ3v) is 6.55. The second-order valence-electron chi connectivity index (χ2n) is 9.60. The number of carboxylic acids is 1. The first-order valence-electron chi connectivity index (χ1n) is 12.6. The summed E-state index contributed by atoms with van der Waals surface area (Å²) in [7, 11) is 0. The average Bonchev–Trinajstić information content (AvgIpc) is 3.61. The topological polar surface area (TPSA) is 113 Å². The van der Waals surface area contributed by atoms with Gasteiger partial charge in [0.25, 0.3) is 0 Å². The Bertz CT molecular complexity index is 977. The molecule has 190 valence electrons. The maximum absolute atomic E-state index is 10.8. The van der Waals surface area contributed by atoms with E-state index in [4.69, 9.17) is 9.84 Å². The Hall–Kier alpha value is -3.00. The molecule has 1 atom stereocenters. The van der Waals surface area contributed by atoms with E-state index in [1.807, 2.05) is 0 Å². The second-order valence-corrected chi connectivity index (χ2v) is 9.60. The molecule has 2 aliphatic rings. The van der Waals surface area contributed by atoms with Gasteiger partial charge in [0.15, 0.2) is 0 Å². The Morgan fingerprint density at radius 2 is 2.06 bits per heavy atom. The Balaban J connectivity index is 0.000000256. The van der Waals surface area contributed by atoms with Crippen LogP contribution in [-0.4, -0.2) is 53.3 Å². The monoisotopic (exact) mass is 482 g/mol. The fourth-order valence-corrected chi connectivity index (χ4v) is 4.00. The van der Waals surface area contributed by atoms with Gasteiger partial charge in [-0.1, -0.05) is 19.1 Å². The van der Waals surface area contributed by atoms with Crippen molar-refractivity contribution in [1.82, 2.24) is 15.3 Å². The Labute approximate surface area is 207 Å². The van der Waals surface area contributed by atoms with Crippen molar-refractivity contribution in [3.8, 4) is 0 Å². The SMILES string of the molecule is Cc1cccc(C2(C)CC2)n1.O=CNC(CCOCCCCc1ccc2c(n1)NCCC2)C(=O)O. The number of nitrogens with zero attached hydrogens (tertiary/aromatic N) is 2. The fourth-order valence-electron chi connectivity index (χ4n) is 4.00. The zero-order valence-electron chi connectivity index (χ0n) is 20.9. The normalized spacial score (nSPS) is 16.1. The van der Waals surface area contributed by atoms with Crippen LogP contribution in [0.3, 0.4) is 0 Å². The maximum atomic E-state index is 10.8. The van der Waals surface area contributed by atoms with Crippen LogP contribution in [0.5, 0.6) is 0 Å². The summed E-state index contributed by atoms with van der Waals surface area (Å²) in [6, 6.07) is 9.66. The number of carbonyl (C=O) groups is 2. The van der Waals surface area contributed by atoms with Crippen LogP contribution in [0.25, 0.3) is 0 Å². The molecule has 2 aromatic rings. The molecule has 0 spiro atoms. The molecule has 0 radical (unpaired) electrons. The lowest BCUT2D eigenvalue weighted by molar-refractivity contribution is -0.141. The number of nitrogens with one attached hydrogen (secondary N) is 2. The summed E-state index contributed by atoms with van der Waals surface area (Å²) in [5, 5.41) is 14.5. The van der Waals surface area contributed by atoms with E-state index in [0.29, 0.717) is 25.0 Å². The van der Waals surface area contributed by atoms with E-state index in [2.05, 4.69) is 64.8 Å². The molecule has 2 aromatic heterocycles. The predicted octanol–water partition coefficient (Wildman–Crippen LogP) is 3.81. The van der Waals surface area contributed by atoms with Crippen molar-refractivity contribution in [2.45, 2.75) is 76.7 Å². The number of unbranched alkanes of at least 4 members (excludes halogenated alkanes) is 1. The second kappa shape index (κ2) is 13.2. The van der Waals surface area contributed by atoms with Crippen LogP contribution in [0.4, 0.5) is 5.82 Å². The van der Waals surface area contributed by atoms with Gasteiger partial charge >= 0.3 is 5.97 Å². The molecular formula is C27H38N4O4. The van der Waals surface area contributed by atoms with Gasteiger partial charge in [0.2, 0.25) is 6.41 Å². The molecule has 1 unspecified atom stereocenters. The number of hydrogen-bond acceptors (Lipinski definition) is 6. The lowest BCUT2D eigenvalue weighted by Crippen LogP contribution is -2.36. The first-order valence-corrected chi connectivity index (χ1v) is 12.6. The smallest absolute Gasteiger partial charge is 0.326 e. The first-order chi connectivity index (χ1) is 16.9. The summed E-state index contributed by atoms with van der Waals surface area (Å²) in [6.45, 7) is 6.23. The van der Waals surface area contributed by atoms with Crippen LogP contribution in [0.1, 0.15) is 68.1 Å². The number of fused-ring (bicyclic) bond motifs is 1. The van der Waals surface area contributed by atoms with Gasteiger partial charge < -0.3 is 20.5 Å². The van der Waals surface area contributed by atoms with E-state index in [9.17, 15) is 9.59 Å². The molecule has 3 N–H and O–H groups in total. The molecule has 4 rings (SSSR count). The first kappa shape index (κ1) is 26.6. The highest BCUT2D eigenvalue weighted by atomic mass is 16.5. The average molecular weight is 483 g/mol. The standard InChI is InChI=1S/C17H25N3O4.C10H13N/c21-12-19-15(17(22)23)8-11-24-10-2-1-5-14-7-6-13-4-3-9-18-16(13)20-14;1-8-4-3-5-9(11-8)10(2)6-7-10/h6-7,12,15H,1-5,8-11H2,(H,18,20)(H,19,21)(H,22,23);3-5H,6-7H2,1-2H3. The van der Waals surface area contributed by atoms with Crippen molar-refractivity contribution in [2.24, 2.45) is 0 Å². The minimum atomic E-state index is -1.04. The summed E-state index contributed by atoms with van der Waals surface area (Å²) in [4.78, 5) is 30.3. The number of carbonyl (C=O) groups excluding carboxylic acids is 1. The van der Waals surface area contributed by atoms with Gasteiger partial charge in [0.05, 0.1) is 0 Å². The molecule has 1 amide bonds. The van der Waals surface area contributed by atoms with Crippen LogP contribution >= 0.6 is 0 Å². The Kier molecular flexibility index (Phi) is 10.0. The van der Waals surface area contributed by atoms with Crippen LogP contribution in [0.2, 0.25) is 0 Å². The van der Waals surface area contributed by atoms with E-state index in [1.54, 1.807) is 0 Å². The molecule has 0 bridgehead atoms. The van der Waals surface area contributed by atoms with E-state index in [0.717, 1.165) is 55.9 Å². The number of anilines is 1. The number of ether oxygens (including phenoxy) is 1. The molecule has 1 aliphatic heterocycles. The van der Waals surface area contributed by atoms with Gasteiger partial charge in [0, 0.05) is 48.7 Å². The summed E-state index contributed by atoms with van der Waals surface area (Å²) < 4.78 is 5.44. The van der Waals surface area contributed by atoms with E-state index < -0.39 is 12.0 Å². The van der Waals surface area contributed by atoms with Crippen LogP contribution in [0.15, 0.2) is 30.3 Å². The number of hydrogen-bond donors (Lipinski definition) is 3. The summed E-state index contributed by atoms with van der Waals surface area (Å²) in [6.07, 6.45) is 8.32. The van der Waals surface area contributed by atoms with E-state index >= 15 is 0 Å². The van der Waals surface area contributed by atoms with Crippen LogP contribution < -0.4 is 10.6 Å². The number of rotatable bonds is 12. The quantitative estimate of drug-likeness (QED) is 0.311. The molecule has 1 aliphatic carbocycles. The van der Waals surface area contributed by atoms with Gasteiger partial charge in [-0.25, -0.2) is 9.78 Å². The van der Waals surface area contributed by atoms with Crippen molar-refractivity contribution >= 4 is 18.2 Å². The summed E-state index contributed by atoms with van der Waals surface area (Å²) in [5.74, 6) is -0.0183. The minimum absolute atomic E-state index is 0.270. The van der Waals surface area contributed by atoms with Crippen molar-refractivity contribution in [2.75, 3.05) is 25.1 Å². The zero-order chi connectivity index (χ0) is 25.1. The van der Waals surface area contributed by atoms with E-state index in [1.165, 1.54) is 24.1 Å². The Morgan fingerprint density at radius 1 is 1.23 bits per heavy atom. The third kappa shape index (κ3) is 8.62. The zero-order valence-corrected chi connectivity index (χ0v) is 20.9. The van der Waals surface area contributed by atoms with Gasteiger partial charge in [-0.05, 0) is 75.6 Å². The number of aryl methyl sites for hydroxylation is 3. The maximum Gasteiger partial charge on any atom is 0.326 e. The molecule has 8 heteroatoms. The highest BCUT2D eigenvalue weighted by molar-refractivity contribution is 5.76. The molecule has 35 heavy (non-hydrogen) atoms. The van der Waals surface area contributed by atoms with Crippen LogP contribution in [-0.2, 0) is 32.6 Å².